The van der Waals surface area contributed by atoms with Crippen molar-refractivity contribution < 1.29 is 4.74 Å². The highest BCUT2D eigenvalue weighted by atomic mass is 79.9. The van der Waals surface area contributed by atoms with Gasteiger partial charge in [0.2, 0.25) is 0 Å². The summed E-state index contributed by atoms with van der Waals surface area (Å²) in [7, 11) is 1.71. The molecular weight excluding hydrogens is 314 g/mol. The molecule has 2 aromatic rings. The van der Waals surface area contributed by atoms with Gasteiger partial charge in [-0.1, -0.05) is 46.3 Å². The molecule has 0 spiro atoms. The number of hydrogen-bond donors (Lipinski definition) is 1. The molecule has 1 fully saturated rings. The number of nitrogens with one attached hydrogen (secondary N) is 1. The normalized spacial score (nSPS) is 16.5. The van der Waals surface area contributed by atoms with Gasteiger partial charge in [0.05, 0.1) is 7.11 Å². The zero-order valence-corrected chi connectivity index (χ0v) is 13.1. The lowest BCUT2D eigenvalue weighted by Gasteiger charge is -2.43. The Morgan fingerprint density at radius 2 is 1.90 bits per heavy atom. The van der Waals surface area contributed by atoms with Crippen LogP contribution in [-0.4, -0.2) is 20.2 Å². The molecule has 0 amide bonds. The maximum absolute atomic E-state index is 5.35. The van der Waals surface area contributed by atoms with E-state index in [2.05, 4.69) is 63.7 Å². The highest BCUT2D eigenvalue weighted by molar-refractivity contribution is 9.10. The van der Waals surface area contributed by atoms with E-state index in [1.54, 1.807) is 7.11 Å². The number of benzene rings is 2. The summed E-state index contributed by atoms with van der Waals surface area (Å²) < 4.78 is 6.50. The first kappa shape index (κ1) is 13.7. The van der Waals surface area contributed by atoms with Crippen molar-refractivity contribution in [3.05, 3.63) is 64.1 Å². The van der Waals surface area contributed by atoms with Gasteiger partial charge in [-0.05, 0) is 35.7 Å². The molecule has 20 heavy (non-hydrogen) atoms. The van der Waals surface area contributed by atoms with E-state index in [9.17, 15) is 0 Å². The average Bonchev–Trinajstić information content (AvgIpc) is 2.45. The minimum absolute atomic E-state index is 0.205. The molecule has 1 aliphatic heterocycles. The summed E-state index contributed by atoms with van der Waals surface area (Å²) in [6, 6.07) is 17.0. The van der Waals surface area contributed by atoms with Crippen molar-refractivity contribution in [1.82, 2.24) is 5.32 Å². The second-order valence-corrected chi connectivity index (χ2v) is 6.24. The Balaban J connectivity index is 1.93. The molecule has 2 aromatic carbocycles. The predicted octanol–water partition coefficient (Wildman–Crippen LogP) is 3.54. The number of halogens is 1. The fourth-order valence-electron chi connectivity index (χ4n) is 2.83. The van der Waals surface area contributed by atoms with E-state index < -0.39 is 0 Å². The van der Waals surface area contributed by atoms with Crippen molar-refractivity contribution in [3.63, 3.8) is 0 Å². The van der Waals surface area contributed by atoms with Crippen molar-refractivity contribution in [3.8, 4) is 5.75 Å². The van der Waals surface area contributed by atoms with Gasteiger partial charge in [-0.25, -0.2) is 0 Å². The third kappa shape index (κ3) is 2.48. The molecule has 0 unspecified atom stereocenters. The van der Waals surface area contributed by atoms with Crippen LogP contribution in [0.3, 0.4) is 0 Å². The Kier molecular flexibility index (Phi) is 3.81. The van der Waals surface area contributed by atoms with E-state index in [0.29, 0.717) is 0 Å². The summed E-state index contributed by atoms with van der Waals surface area (Å²) in [6.45, 7) is 2.06. The van der Waals surface area contributed by atoms with Crippen LogP contribution in [0.15, 0.2) is 53.0 Å². The Hall–Kier alpha value is -1.32. The van der Waals surface area contributed by atoms with E-state index in [0.717, 1.165) is 29.7 Å². The lowest BCUT2D eigenvalue weighted by molar-refractivity contribution is 0.274. The molecule has 1 heterocycles. The van der Waals surface area contributed by atoms with E-state index in [1.807, 2.05) is 6.07 Å². The van der Waals surface area contributed by atoms with Crippen LogP contribution >= 0.6 is 15.9 Å². The minimum atomic E-state index is 0.205. The van der Waals surface area contributed by atoms with Gasteiger partial charge in [0.25, 0.3) is 0 Å². The summed E-state index contributed by atoms with van der Waals surface area (Å²) in [5.41, 5.74) is 2.92. The summed E-state index contributed by atoms with van der Waals surface area (Å²) in [4.78, 5) is 0. The SMILES string of the molecule is COc1ccc(Br)c(CC2(c3ccccc3)CNC2)c1. The number of hydrogen-bond acceptors (Lipinski definition) is 2. The Bertz CT molecular complexity index is 593. The molecule has 0 radical (unpaired) electrons. The quantitative estimate of drug-likeness (QED) is 0.925. The maximum Gasteiger partial charge on any atom is 0.119 e. The topological polar surface area (TPSA) is 21.3 Å². The maximum atomic E-state index is 5.35. The van der Waals surface area contributed by atoms with Crippen molar-refractivity contribution in [2.45, 2.75) is 11.8 Å². The predicted molar refractivity (Wildman–Crippen MR) is 85.4 cm³/mol. The zero-order valence-electron chi connectivity index (χ0n) is 11.5. The Morgan fingerprint density at radius 1 is 1.15 bits per heavy atom. The van der Waals surface area contributed by atoms with Gasteiger partial charge in [0, 0.05) is 23.0 Å². The molecule has 104 valence electrons. The third-order valence-corrected chi connectivity index (χ3v) is 4.87. The lowest BCUT2D eigenvalue weighted by atomic mass is 9.71. The molecule has 1 N–H and O–H groups in total. The van der Waals surface area contributed by atoms with Crippen LogP contribution < -0.4 is 10.1 Å². The van der Waals surface area contributed by atoms with E-state index in [1.165, 1.54) is 11.1 Å². The molecule has 3 rings (SSSR count). The smallest absolute Gasteiger partial charge is 0.119 e. The number of methoxy groups -OCH3 is 1. The first-order chi connectivity index (χ1) is 9.73. The van der Waals surface area contributed by atoms with Crippen molar-refractivity contribution in [2.75, 3.05) is 20.2 Å². The van der Waals surface area contributed by atoms with Crippen LogP contribution in [0.2, 0.25) is 0 Å². The molecule has 0 aromatic heterocycles. The fraction of sp³-hybridized carbons (Fsp3) is 0.294. The highest BCUT2D eigenvalue weighted by Crippen LogP contribution is 2.35. The first-order valence-electron chi connectivity index (χ1n) is 6.82. The highest BCUT2D eigenvalue weighted by Gasteiger charge is 2.38. The molecule has 0 aliphatic carbocycles. The third-order valence-electron chi connectivity index (χ3n) is 4.09. The standard InChI is InChI=1S/C17H18BrNO/c1-20-15-7-8-16(18)13(9-15)10-17(11-19-12-17)14-5-3-2-4-6-14/h2-9,19H,10-12H2,1H3. The van der Waals surface area contributed by atoms with E-state index >= 15 is 0 Å². The Morgan fingerprint density at radius 3 is 2.50 bits per heavy atom. The van der Waals surface area contributed by atoms with E-state index in [-0.39, 0.29) is 5.41 Å². The van der Waals surface area contributed by atoms with Crippen LogP contribution in [0, 0.1) is 0 Å². The van der Waals surface area contributed by atoms with Gasteiger partial charge in [0.15, 0.2) is 0 Å². The second kappa shape index (κ2) is 5.58. The van der Waals surface area contributed by atoms with Gasteiger partial charge < -0.3 is 10.1 Å². The first-order valence-corrected chi connectivity index (χ1v) is 7.61. The molecule has 3 heteroatoms. The molecule has 1 saturated heterocycles. The van der Waals surface area contributed by atoms with Crippen molar-refractivity contribution in [1.29, 1.82) is 0 Å². The molecular formula is C17H18BrNO. The Labute approximate surface area is 128 Å². The number of rotatable bonds is 4. The van der Waals surface area contributed by atoms with Crippen LogP contribution in [0.1, 0.15) is 11.1 Å². The van der Waals surface area contributed by atoms with Gasteiger partial charge >= 0.3 is 0 Å². The fourth-order valence-corrected chi connectivity index (χ4v) is 3.21. The summed E-state index contributed by atoms with van der Waals surface area (Å²) in [5, 5.41) is 3.42. The van der Waals surface area contributed by atoms with Crippen LogP contribution in [0.5, 0.6) is 5.75 Å². The van der Waals surface area contributed by atoms with Crippen molar-refractivity contribution >= 4 is 15.9 Å². The summed E-state index contributed by atoms with van der Waals surface area (Å²) in [5.74, 6) is 0.915. The molecule has 0 saturated carbocycles. The minimum Gasteiger partial charge on any atom is -0.497 e. The zero-order chi connectivity index (χ0) is 14.0. The van der Waals surface area contributed by atoms with Crippen LogP contribution in [0.4, 0.5) is 0 Å². The molecule has 1 aliphatic rings. The van der Waals surface area contributed by atoms with Crippen LogP contribution in [-0.2, 0) is 11.8 Å². The van der Waals surface area contributed by atoms with Gasteiger partial charge in [-0.15, -0.1) is 0 Å². The van der Waals surface area contributed by atoms with Crippen LogP contribution in [0.25, 0.3) is 0 Å². The van der Waals surface area contributed by atoms with Gasteiger partial charge in [-0.2, -0.15) is 0 Å². The number of ether oxygens (including phenoxy) is 1. The van der Waals surface area contributed by atoms with E-state index in [4.69, 9.17) is 4.74 Å². The summed E-state index contributed by atoms with van der Waals surface area (Å²) >= 11 is 3.66. The van der Waals surface area contributed by atoms with Crippen molar-refractivity contribution in [2.24, 2.45) is 0 Å². The molecule has 0 bridgehead atoms. The van der Waals surface area contributed by atoms with Gasteiger partial charge in [0.1, 0.15) is 5.75 Å². The van der Waals surface area contributed by atoms with Gasteiger partial charge in [-0.3, -0.25) is 0 Å². The summed E-state index contributed by atoms with van der Waals surface area (Å²) in [6.07, 6.45) is 1.02. The lowest BCUT2D eigenvalue weighted by Crippen LogP contribution is -2.58. The molecule has 0 atom stereocenters. The monoisotopic (exact) mass is 331 g/mol. The second-order valence-electron chi connectivity index (χ2n) is 5.38. The average molecular weight is 332 g/mol. The molecule has 2 nitrogen and oxygen atoms in total. The largest absolute Gasteiger partial charge is 0.497 e.